The second kappa shape index (κ2) is 5.58. The quantitative estimate of drug-likeness (QED) is 0.851. The monoisotopic (exact) mass is 249 g/mol. The van der Waals surface area contributed by atoms with E-state index in [1.165, 1.54) is 4.88 Å². The zero-order chi connectivity index (χ0) is 12.1. The van der Waals surface area contributed by atoms with Gasteiger partial charge in [-0.1, -0.05) is 0 Å². The predicted molar refractivity (Wildman–Crippen MR) is 70.4 cm³/mol. The Kier molecular flexibility index (Phi) is 3.87. The molecule has 2 aromatic rings. The van der Waals surface area contributed by atoms with Crippen LogP contribution in [0, 0.1) is 6.92 Å². The molecule has 5 nitrogen and oxygen atoms in total. The second-order valence-electron chi connectivity index (χ2n) is 3.51. The summed E-state index contributed by atoms with van der Waals surface area (Å²) in [6, 6.07) is 1.86. The van der Waals surface area contributed by atoms with E-state index >= 15 is 0 Å². The van der Waals surface area contributed by atoms with Gasteiger partial charge in [-0.2, -0.15) is 4.98 Å². The first-order valence-corrected chi connectivity index (χ1v) is 6.37. The van der Waals surface area contributed by atoms with E-state index in [-0.39, 0.29) is 0 Å². The van der Waals surface area contributed by atoms with Crippen LogP contribution in [0.3, 0.4) is 0 Å². The van der Waals surface area contributed by atoms with Crippen molar-refractivity contribution in [1.29, 1.82) is 0 Å². The molecule has 0 radical (unpaired) electrons. The SMILES string of the molecule is CCNc1nccc(NCc2scnc2C)n1. The van der Waals surface area contributed by atoms with E-state index in [1.54, 1.807) is 17.5 Å². The zero-order valence-electron chi connectivity index (χ0n) is 9.90. The zero-order valence-corrected chi connectivity index (χ0v) is 10.7. The van der Waals surface area contributed by atoms with Gasteiger partial charge in [-0.3, -0.25) is 0 Å². The van der Waals surface area contributed by atoms with Gasteiger partial charge in [-0.05, 0) is 19.9 Å². The lowest BCUT2D eigenvalue weighted by Crippen LogP contribution is -2.06. The van der Waals surface area contributed by atoms with Gasteiger partial charge >= 0.3 is 0 Å². The molecule has 2 rings (SSSR count). The molecule has 2 aromatic heterocycles. The van der Waals surface area contributed by atoms with Gasteiger partial charge in [-0.25, -0.2) is 9.97 Å². The number of anilines is 2. The van der Waals surface area contributed by atoms with E-state index in [1.807, 2.05) is 25.4 Å². The minimum Gasteiger partial charge on any atom is -0.365 e. The summed E-state index contributed by atoms with van der Waals surface area (Å²) in [4.78, 5) is 13.9. The van der Waals surface area contributed by atoms with Crippen molar-refractivity contribution in [3.8, 4) is 0 Å². The van der Waals surface area contributed by atoms with E-state index in [4.69, 9.17) is 0 Å². The Morgan fingerprint density at radius 1 is 1.29 bits per heavy atom. The van der Waals surface area contributed by atoms with Crippen molar-refractivity contribution >= 4 is 23.1 Å². The maximum absolute atomic E-state index is 4.34. The molecule has 90 valence electrons. The van der Waals surface area contributed by atoms with Crippen molar-refractivity contribution in [2.75, 3.05) is 17.2 Å². The van der Waals surface area contributed by atoms with Gasteiger partial charge < -0.3 is 10.6 Å². The summed E-state index contributed by atoms with van der Waals surface area (Å²) in [7, 11) is 0. The topological polar surface area (TPSA) is 62.7 Å². The standard InChI is InChI=1S/C11H15N5S/c1-3-12-11-13-5-4-10(16-11)14-6-9-8(2)15-7-17-9/h4-5,7H,3,6H2,1-2H3,(H2,12,13,14,16). The molecule has 2 N–H and O–H groups in total. The Bertz CT molecular complexity index is 482. The van der Waals surface area contributed by atoms with Gasteiger partial charge in [0, 0.05) is 17.6 Å². The lowest BCUT2D eigenvalue weighted by atomic mass is 10.4. The van der Waals surface area contributed by atoms with Gasteiger partial charge in [0.1, 0.15) is 5.82 Å². The van der Waals surface area contributed by atoms with E-state index in [2.05, 4.69) is 25.6 Å². The van der Waals surface area contributed by atoms with Gasteiger partial charge in [0.05, 0.1) is 17.7 Å². The molecule has 2 heterocycles. The Morgan fingerprint density at radius 2 is 2.18 bits per heavy atom. The normalized spacial score (nSPS) is 10.2. The lowest BCUT2D eigenvalue weighted by Gasteiger charge is -2.06. The molecule has 0 atom stereocenters. The summed E-state index contributed by atoms with van der Waals surface area (Å²) in [5.41, 5.74) is 2.93. The number of hydrogen-bond donors (Lipinski definition) is 2. The molecule has 0 saturated heterocycles. The maximum atomic E-state index is 4.34. The van der Waals surface area contributed by atoms with Crippen LogP contribution in [-0.4, -0.2) is 21.5 Å². The number of nitrogens with one attached hydrogen (secondary N) is 2. The molecule has 0 unspecified atom stereocenters. The molecular weight excluding hydrogens is 234 g/mol. The van der Waals surface area contributed by atoms with Gasteiger partial charge in [0.25, 0.3) is 0 Å². The first-order chi connectivity index (χ1) is 8.29. The van der Waals surface area contributed by atoms with Crippen LogP contribution in [0.25, 0.3) is 0 Å². The highest BCUT2D eigenvalue weighted by Crippen LogP contribution is 2.14. The molecule has 6 heteroatoms. The largest absolute Gasteiger partial charge is 0.365 e. The predicted octanol–water partition coefficient (Wildman–Crippen LogP) is 2.29. The Labute approximate surface area is 104 Å². The van der Waals surface area contributed by atoms with Crippen molar-refractivity contribution < 1.29 is 0 Å². The summed E-state index contributed by atoms with van der Waals surface area (Å²) in [5.74, 6) is 1.47. The fourth-order valence-electron chi connectivity index (χ4n) is 1.37. The second-order valence-corrected chi connectivity index (χ2v) is 4.45. The first kappa shape index (κ1) is 11.8. The van der Waals surface area contributed by atoms with Gasteiger partial charge in [0.15, 0.2) is 0 Å². The molecule has 17 heavy (non-hydrogen) atoms. The third-order valence-corrected chi connectivity index (χ3v) is 3.20. The minimum absolute atomic E-state index is 0.651. The number of hydrogen-bond acceptors (Lipinski definition) is 6. The fourth-order valence-corrected chi connectivity index (χ4v) is 2.08. The summed E-state index contributed by atoms with van der Waals surface area (Å²) >= 11 is 1.65. The molecule has 0 fully saturated rings. The van der Waals surface area contributed by atoms with E-state index in [9.17, 15) is 0 Å². The molecule has 0 saturated carbocycles. The van der Waals surface area contributed by atoms with Crippen LogP contribution < -0.4 is 10.6 Å². The van der Waals surface area contributed by atoms with Crippen LogP contribution >= 0.6 is 11.3 Å². The summed E-state index contributed by atoms with van der Waals surface area (Å²) in [5, 5.41) is 6.35. The number of nitrogens with zero attached hydrogens (tertiary/aromatic N) is 3. The Hall–Kier alpha value is -1.69. The molecule has 0 aliphatic carbocycles. The Balaban J connectivity index is 1.99. The average Bonchev–Trinajstić information content (AvgIpc) is 2.73. The number of aryl methyl sites for hydroxylation is 1. The summed E-state index contributed by atoms with van der Waals surface area (Å²) < 4.78 is 0. The van der Waals surface area contributed by atoms with Crippen molar-refractivity contribution in [3.05, 3.63) is 28.3 Å². The lowest BCUT2D eigenvalue weighted by molar-refractivity contribution is 1.05. The molecule has 0 aromatic carbocycles. The van der Waals surface area contributed by atoms with Crippen LogP contribution in [0.2, 0.25) is 0 Å². The molecular formula is C11H15N5S. The number of thiazole rings is 1. The van der Waals surface area contributed by atoms with Crippen LogP contribution in [0.15, 0.2) is 17.8 Å². The maximum Gasteiger partial charge on any atom is 0.224 e. The number of aromatic nitrogens is 3. The molecule has 0 aliphatic rings. The minimum atomic E-state index is 0.651. The van der Waals surface area contributed by atoms with Gasteiger partial charge in [-0.15, -0.1) is 11.3 Å². The molecule has 0 bridgehead atoms. The van der Waals surface area contributed by atoms with Crippen LogP contribution in [0.1, 0.15) is 17.5 Å². The van der Waals surface area contributed by atoms with E-state index in [0.717, 1.165) is 24.6 Å². The van der Waals surface area contributed by atoms with Crippen molar-refractivity contribution in [2.24, 2.45) is 0 Å². The third-order valence-electron chi connectivity index (χ3n) is 2.27. The third kappa shape index (κ3) is 3.13. The van der Waals surface area contributed by atoms with E-state index < -0.39 is 0 Å². The highest BCUT2D eigenvalue weighted by molar-refractivity contribution is 7.09. The average molecular weight is 249 g/mol. The van der Waals surface area contributed by atoms with E-state index in [0.29, 0.717) is 5.95 Å². The van der Waals surface area contributed by atoms with Crippen LogP contribution in [0.4, 0.5) is 11.8 Å². The first-order valence-electron chi connectivity index (χ1n) is 5.49. The smallest absolute Gasteiger partial charge is 0.224 e. The van der Waals surface area contributed by atoms with Gasteiger partial charge in [0.2, 0.25) is 5.95 Å². The van der Waals surface area contributed by atoms with Crippen molar-refractivity contribution in [3.63, 3.8) is 0 Å². The molecule has 0 spiro atoms. The van der Waals surface area contributed by atoms with Crippen LogP contribution in [-0.2, 0) is 6.54 Å². The summed E-state index contributed by atoms with van der Waals surface area (Å²) in [6.45, 7) is 5.60. The molecule has 0 aliphatic heterocycles. The van der Waals surface area contributed by atoms with Crippen LogP contribution in [0.5, 0.6) is 0 Å². The summed E-state index contributed by atoms with van der Waals surface area (Å²) in [6.07, 6.45) is 1.74. The number of rotatable bonds is 5. The highest BCUT2D eigenvalue weighted by atomic mass is 32.1. The Morgan fingerprint density at radius 3 is 2.88 bits per heavy atom. The highest BCUT2D eigenvalue weighted by Gasteiger charge is 2.02. The van der Waals surface area contributed by atoms with Crippen molar-refractivity contribution in [1.82, 2.24) is 15.0 Å². The molecule has 0 amide bonds. The fraction of sp³-hybridized carbons (Fsp3) is 0.364. The van der Waals surface area contributed by atoms with Crippen molar-refractivity contribution in [2.45, 2.75) is 20.4 Å².